The van der Waals surface area contributed by atoms with Gasteiger partial charge in [0.1, 0.15) is 32.1 Å². The topological polar surface area (TPSA) is 91.4 Å². The molecule has 0 aliphatic rings. The summed E-state index contributed by atoms with van der Waals surface area (Å²) in [6.07, 6.45) is -1.80. The Hall–Kier alpha value is -2.81. The minimum absolute atomic E-state index is 0.0686. The highest BCUT2D eigenvalue weighted by molar-refractivity contribution is 6.76. The molecule has 0 fully saturated rings. The Morgan fingerprint density at radius 1 is 1.14 bits per heavy atom. The summed E-state index contributed by atoms with van der Waals surface area (Å²) in [6.45, 7) is 5.48. The van der Waals surface area contributed by atoms with Gasteiger partial charge < -0.3 is 14.8 Å². The number of rotatable bonds is 12. The van der Waals surface area contributed by atoms with Crippen LogP contribution in [0, 0.1) is 6.92 Å². The van der Waals surface area contributed by atoms with Gasteiger partial charge in [0.05, 0.1) is 11.7 Å². The largest absolute Gasteiger partial charge is 0.478 e. The summed E-state index contributed by atoms with van der Waals surface area (Å²) < 4.78 is 78.1. The molecule has 3 heterocycles. The van der Waals surface area contributed by atoms with Crippen molar-refractivity contribution in [3.05, 3.63) is 18.2 Å². The molecule has 9 nitrogen and oxygen atoms in total. The number of nitrogens with one attached hydrogen (secondary N) is 1. The Morgan fingerprint density at radius 2 is 1.86 bits per heavy atom. The third-order valence-corrected chi connectivity index (χ3v) is 6.56. The van der Waals surface area contributed by atoms with Crippen LogP contribution in [0.5, 0.6) is 5.75 Å². The Labute approximate surface area is 199 Å². The maximum atomic E-state index is 13.0. The molecule has 3 rings (SSSR count). The van der Waals surface area contributed by atoms with Crippen molar-refractivity contribution in [2.75, 3.05) is 31.9 Å². The first-order valence-corrected chi connectivity index (χ1v) is 14.6. The van der Waals surface area contributed by atoms with Gasteiger partial charge in [-0.15, -0.1) is 5.10 Å². The fourth-order valence-corrected chi connectivity index (χ4v) is 3.79. The third-order valence-electron chi connectivity index (χ3n) is 4.85. The van der Waals surface area contributed by atoms with Crippen LogP contribution in [0.3, 0.4) is 0 Å². The Balaban J connectivity index is 1.93. The number of hydrogen-bond donors (Lipinski definition) is 1. The van der Waals surface area contributed by atoms with E-state index >= 15 is 0 Å². The predicted octanol–water partition coefficient (Wildman–Crippen LogP) is 4.27. The molecule has 0 atom stereocenters. The van der Waals surface area contributed by atoms with Crippen molar-refractivity contribution in [3.8, 4) is 17.0 Å². The molecule has 0 saturated heterocycles. The van der Waals surface area contributed by atoms with Crippen LogP contribution < -0.4 is 10.1 Å². The van der Waals surface area contributed by atoms with Crippen LogP contribution in [0.4, 0.5) is 27.9 Å². The minimum Gasteiger partial charge on any atom is -0.478 e. The van der Waals surface area contributed by atoms with Gasteiger partial charge in [0.25, 0.3) is 0 Å². The van der Waals surface area contributed by atoms with E-state index in [2.05, 4.69) is 45.1 Å². The number of nitrogens with zero attached hydrogens (tertiary/aromatic N) is 6. The van der Waals surface area contributed by atoms with Gasteiger partial charge in [-0.2, -0.15) is 27.8 Å². The highest BCUT2D eigenvalue weighted by Crippen LogP contribution is 2.34. The molecule has 0 aliphatic heterocycles. The quantitative estimate of drug-likeness (QED) is 0.216. The first kappa shape index (κ1) is 26.8. The van der Waals surface area contributed by atoms with E-state index in [1.807, 2.05) is 0 Å². The van der Waals surface area contributed by atoms with Crippen molar-refractivity contribution >= 4 is 19.7 Å². The number of anilines is 1. The molecular formula is C20H28F5N7O2Si. The summed E-state index contributed by atoms with van der Waals surface area (Å²) >= 11 is 0. The summed E-state index contributed by atoms with van der Waals surface area (Å²) in [5, 5.41) is 10.8. The van der Waals surface area contributed by atoms with E-state index in [0.717, 1.165) is 10.6 Å². The van der Waals surface area contributed by atoms with Crippen molar-refractivity contribution in [2.24, 2.45) is 0 Å². The molecule has 0 amide bonds. The molecule has 3 aromatic rings. The van der Waals surface area contributed by atoms with Crippen LogP contribution in [0.1, 0.15) is 5.69 Å². The predicted molar refractivity (Wildman–Crippen MR) is 122 cm³/mol. The number of aromatic nitrogens is 6. The van der Waals surface area contributed by atoms with Crippen LogP contribution in [0.25, 0.3) is 16.9 Å². The molecule has 15 heteroatoms. The van der Waals surface area contributed by atoms with Gasteiger partial charge in [0.15, 0.2) is 12.4 Å². The monoisotopic (exact) mass is 521 g/mol. The molecule has 0 aromatic carbocycles. The van der Waals surface area contributed by atoms with E-state index in [-0.39, 0.29) is 29.8 Å². The number of aryl methyl sites for hydroxylation is 1. The second kappa shape index (κ2) is 10.8. The average Bonchev–Trinajstić information content (AvgIpc) is 3.34. The van der Waals surface area contributed by atoms with Crippen molar-refractivity contribution < 1.29 is 31.4 Å². The molecule has 0 bridgehead atoms. The first-order valence-electron chi connectivity index (χ1n) is 10.9. The fourth-order valence-electron chi connectivity index (χ4n) is 3.03. The first-order chi connectivity index (χ1) is 16.4. The second-order valence-corrected chi connectivity index (χ2v) is 14.8. The molecule has 35 heavy (non-hydrogen) atoms. The maximum absolute atomic E-state index is 13.0. The Bertz CT molecular complexity index is 1130. The standard InChI is InChI=1S/C20H28F5N7O2Si/c1-13-15(9-31(29-13)12-33-5-6-35(2,3)4)16-17(34-10-20(23,24)25)18-28-19(27-14(7-21)8-22)30-32(18)11-26-16/h9,11,14H,5-8,10,12H2,1-4H3,(H,27,30). The van der Waals surface area contributed by atoms with Crippen LogP contribution in [-0.4, -0.2) is 76.2 Å². The van der Waals surface area contributed by atoms with Gasteiger partial charge in [0, 0.05) is 26.4 Å². The lowest BCUT2D eigenvalue weighted by atomic mass is 10.1. The molecule has 0 saturated carbocycles. The smallest absolute Gasteiger partial charge is 0.422 e. The summed E-state index contributed by atoms with van der Waals surface area (Å²) in [7, 11) is -1.26. The average molecular weight is 522 g/mol. The molecule has 0 unspecified atom stereocenters. The maximum Gasteiger partial charge on any atom is 0.422 e. The number of hydrogen-bond acceptors (Lipinski definition) is 7. The van der Waals surface area contributed by atoms with Crippen LogP contribution in [0.15, 0.2) is 12.5 Å². The van der Waals surface area contributed by atoms with Gasteiger partial charge in [-0.3, -0.25) is 0 Å². The lowest BCUT2D eigenvalue weighted by molar-refractivity contribution is -0.153. The van der Waals surface area contributed by atoms with Gasteiger partial charge in [-0.25, -0.2) is 18.4 Å². The van der Waals surface area contributed by atoms with Crippen molar-refractivity contribution in [1.29, 1.82) is 0 Å². The third kappa shape index (κ3) is 7.33. The van der Waals surface area contributed by atoms with Crippen molar-refractivity contribution in [2.45, 2.75) is 51.6 Å². The zero-order valence-electron chi connectivity index (χ0n) is 19.9. The van der Waals surface area contributed by atoms with Crippen molar-refractivity contribution in [1.82, 2.24) is 29.4 Å². The zero-order valence-corrected chi connectivity index (χ0v) is 20.9. The molecule has 1 N–H and O–H groups in total. The van der Waals surface area contributed by atoms with E-state index in [0.29, 0.717) is 17.9 Å². The summed E-state index contributed by atoms with van der Waals surface area (Å²) in [6, 6.07) is -0.219. The van der Waals surface area contributed by atoms with Gasteiger partial charge in [-0.1, -0.05) is 19.6 Å². The molecule has 194 valence electrons. The number of fused-ring (bicyclic) bond motifs is 1. The van der Waals surface area contributed by atoms with Crippen molar-refractivity contribution in [3.63, 3.8) is 0 Å². The van der Waals surface area contributed by atoms with E-state index in [9.17, 15) is 22.0 Å². The lowest BCUT2D eigenvalue weighted by Gasteiger charge is -2.15. The van der Waals surface area contributed by atoms with E-state index in [1.54, 1.807) is 13.1 Å². The van der Waals surface area contributed by atoms with E-state index in [1.165, 1.54) is 11.0 Å². The molecule has 0 radical (unpaired) electrons. The second-order valence-electron chi connectivity index (χ2n) is 9.20. The van der Waals surface area contributed by atoms with Gasteiger partial charge in [0.2, 0.25) is 11.6 Å². The summed E-state index contributed by atoms with van der Waals surface area (Å²) in [5.41, 5.74) is 0.873. The normalized spacial score (nSPS) is 12.6. The molecular weight excluding hydrogens is 493 g/mol. The van der Waals surface area contributed by atoms with Gasteiger partial charge in [-0.05, 0) is 13.0 Å². The number of halogens is 5. The molecule has 3 aromatic heterocycles. The SMILES string of the molecule is Cc1nn(COCC[Si](C)(C)C)cc1-c1ncn2nc(NC(CF)CF)nc2c1OCC(F)(F)F. The number of alkyl halides is 5. The van der Waals surface area contributed by atoms with Crippen LogP contribution in [0.2, 0.25) is 25.7 Å². The summed E-state index contributed by atoms with van der Waals surface area (Å²) in [4.78, 5) is 8.30. The molecule has 0 spiro atoms. The highest BCUT2D eigenvalue weighted by atomic mass is 28.3. The summed E-state index contributed by atoms with van der Waals surface area (Å²) in [5.74, 6) is -0.464. The minimum atomic E-state index is -4.62. The van der Waals surface area contributed by atoms with Crippen LogP contribution >= 0.6 is 0 Å². The number of ether oxygens (including phenoxy) is 2. The van der Waals surface area contributed by atoms with E-state index in [4.69, 9.17) is 9.47 Å². The van der Waals surface area contributed by atoms with Crippen LogP contribution in [-0.2, 0) is 11.5 Å². The van der Waals surface area contributed by atoms with E-state index < -0.39 is 40.2 Å². The lowest BCUT2D eigenvalue weighted by Crippen LogP contribution is -2.24. The highest BCUT2D eigenvalue weighted by Gasteiger charge is 2.31. The Morgan fingerprint density at radius 3 is 2.49 bits per heavy atom. The Kier molecular flexibility index (Phi) is 8.30. The fraction of sp³-hybridized carbons (Fsp3) is 0.600. The zero-order chi connectivity index (χ0) is 25.8. The van der Waals surface area contributed by atoms with Gasteiger partial charge >= 0.3 is 6.18 Å². The molecule has 0 aliphatic carbocycles.